The molecule has 2 aromatic heterocycles. The van der Waals surface area contributed by atoms with Crippen molar-refractivity contribution in [2.75, 3.05) is 4.90 Å². The Hall–Kier alpha value is -3.51. The van der Waals surface area contributed by atoms with Crippen LogP contribution in [0.25, 0.3) is 5.69 Å². The van der Waals surface area contributed by atoms with Crippen LogP contribution in [-0.2, 0) is 0 Å². The van der Waals surface area contributed by atoms with Gasteiger partial charge in [-0.2, -0.15) is 0 Å². The van der Waals surface area contributed by atoms with Crippen LogP contribution in [-0.4, -0.2) is 14.7 Å². The van der Waals surface area contributed by atoms with Gasteiger partial charge in [-0.05, 0) is 93.1 Å². The van der Waals surface area contributed by atoms with Crippen LogP contribution in [0.15, 0.2) is 79.0 Å². The Morgan fingerprint density at radius 3 is 2.27 bits per heavy atom. The maximum Gasteiger partial charge on any atom is 0.174 e. The monoisotopic (exact) mass is 456 g/mol. The highest BCUT2D eigenvalue weighted by Crippen LogP contribution is 2.43. The highest BCUT2D eigenvalue weighted by atomic mass is 32.1. The van der Waals surface area contributed by atoms with Gasteiger partial charge in [-0.3, -0.25) is 4.98 Å². The third-order valence-electron chi connectivity index (χ3n) is 6.28. The molecule has 4 nitrogen and oxygen atoms in total. The molecule has 0 bridgehead atoms. The molecule has 1 N–H and O–H groups in total. The fraction of sp³-hybridized carbons (Fsp3) is 0.185. The SMILES string of the molecule is Cc1ccc(-n2c(C)cc([C@@H]3[C@@H](c4ccccn4)NC(=S)N3c3ccc(F)cc3)c2C)cc1. The highest BCUT2D eigenvalue weighted by Gasteiger charge is 2.42. The zero-order chi connectivity index (χ0) is 23.1. The Labute approximate surface area is 198 Å². The molecule has 1 aliphatic rings. The van der Waals surface area contributed by atoms with E-state index in [1.807, 2.05) is 18.2 Å². The van der Waals surface area contributed by atoms with Gasteiger partial charge in [-0.15, -0.1) is 0 Å². The first-order valence-corrected chi connectivity index (χ1v) is 11.4. The number of benzene rings is 2. The van der Waals surface area contributed by atoms with Crippen LogP contribution < -0.4 is 10.2 Å². The smallest absolute Gasteiger partial charge is 0.174 e. The van der Waals surface area contributed by atoms with Crippen LogP contribution in [0, 0.1) is 26.6 Å². The summed E-state index contributed by atoms with van der Waals surface area (Å²) in [5.74, 6) is -0.271. The van der Waals surface area contributed by atoms with Crippen molar-refractivity contribution in [1.29, 1.82) is 0 Å². The largest absolute Gasteiger partial charge is 0.351 e. The van der Waals surface area contributed by atoms with Crippen molar-refractivity contribution in [2.45, 2.75) is 32.9 Å². The van der Waals surface area contributed by atoms with Crippen molar-refractivity contribution in [2.24, 2.45) is 0 Å². The summed E-state index contributed by atoms with van der Waals surface area (Å²) in [6, 6.07) is 22.9. The lowest BCUT2D eigenvalue weighted by atomic mass is 9.96. The molecule has 0 radical (unpaired) electrons. The minimum Gasteiger partial charge on any atom is -0.351 e. The third-order valence-corrected chi connectivity index (χ3v) is 6.60. The first kappa shape index (κ1) is 21.3. The Morgan fingerprint density at radius 2 is 1.61 bits per heavy atom. The second-order valence-electron chi connectivity index (χ2n) is 8.47. The minimum absolute atomic E-state index is 0.136. The van der Waals surface area contributed by atoms with Crippen LogP contribution in [0.3, 0.4) is 0 Å². The molecule has 2 aromatic carbocycles. The molecule has 0 amide bonds. The average molecular weight is 457 g/mol. The van der Waals surface area contributed by atoms with E-state index in [2.05, 4.69) is 70.9 Å². The molecule has 1 aliphatic heterocycles. The molecule has 4 aromatic rings. The number of nitrogens with zero attached hydrogens (tertiary/aromatic N) is 3. The van der Waals surface area contributed by atoms with E-state index < -0.39 is 0 Å². The van der Waals surface area contributed by atoms with E-state index in [1.54, 1.807) is 18.3 Å². The van der Waals surface area contributed by atoms with E-state index in [4.69, 9.17) is 12.2 Å². The van der Waals surface area contributed by atoms with Crippen molar-refractivity contribution in [1.82, 2.24) is 14.9 Å². The number of anilines is 1. The average Bonchev–Trinajstić information content (AvgIpc) is 3.31. The second-order valence-corrected chi connectivity index (χ2v) is 8.86. The first-order chi connectivity index (χ1) is 15.9. The van der Waals surface area contributed by atoms with E-state index in [9.17, 15) is 4.39 Å². The molecule has 5 rings (SSSR count). The van der Waals surface area contributed by atoms with E-state index in [-0.39, 0.29) is 17.9 Å². The predicted molar refractivity (Wildman–Crippen MR) is 134 cm³/mol. The Morgan fingerprint density at radius 1 is 0.909 bits per heavy atom. The standard InChI is InChI=1S/C27H25FN4S/c1-17-7-11-21(12-8-17)31-18(2)16-23(19(31)3)26-25(24-6-4-5-15-29-24)30-27(33)32(26)22-13-9-20(28)10-14-22/h4-16,25-26H,1-3H3,(H,30,33)/t25-,26-/m1/s1. The summed E-state index contributed by atoms with van der Waals surface area (Å²) in [7, 11) is 0. The molecule has 0 aliphatic carbocycles. The van der Waals surface area contributed by atoms with Gasteiger partial charge in [0.2, 0.25) is 0 Å². The van der Waals surface area contributed by atoms with Crippen molar-refractivity contribution >= 4 is 23.0 Å². The summed E-state index contributed by atoms with van der Waals surface area (Å²) in [6.45, 7) is 6.35. The molecule has 3 heterocycles. The van der Waals surface area contributed by atoms with Gasteiger partial charge in [-0.1, -0.05) is 23.8 Å². The summed E-state index contributed by atoms with van der Waals surface area (Å²) in [5, 5.41) is 4.08. The number of aryl methyl sites for hydroxylation is 2. The van der Waals surface area contributed by atoms with Crippen LogP contribution in [0.5, 0.6) is 0 Å². The number of thiocarbonyl (C=S) groups is 1. The van der Waals surface area contributed by atoms with Gasteiger partial charge in [0.1, 0.15) is 5.82 Å². The number of hydrogen-bond donors (Lipinski definition) is 1. The summed E-state index contributed by atoms with van der Waals surface area (Å²) in [5.41, 5.74) is 7.54. The van der Waals surface area contributed by atoms with Crippen molar-refractivity contribution < 1.29 is 4.39 Å². The first-order valence-electron chi connectivity index (χ1n) is 11.0. The summed E-state index contributed by atoms with van der Waals surface area (Å²) < 4.78 is 16.0. The van der Waals surface area contributed by atoms with Gasteiger partial charge in [-0.25, -0.2) is 4.39 Å². The van der Waals surface area contributed by atoms with Gasteiger partial charge in [0.15, 0.2) is 5.11 Å². The number of rotatable bonds is 4. The maximum atomic E-state index is 13.7. The fourth-order valence-corrected chi connectivity index (χ4v) is 5.07. The lowest BCUT2D eigenvalue weighted by Gasteiger charge is -2.28. The van der Waals surface area contributed by atoms with Crippen molar-refractivity contribution in [3.63, 3.8) is 0 Å². The van der Waals surface area contributed by atoms with E-state index in [0.717, 1.165) is 34.0 Å². The van der Waals surface area contributed by atoms with E-state index >= 15 is 0 Å². The number of pyridine rings is 1. The molecule has 0 spiro atoms. The predicted octanol–water partition coefficient (Wildman–Crippen LogP) is 6.11. The molecule has 166 valence electrons. The van der Waals surface area contributed by atoms with Crippen LogP contribution in [0.2, 0.25) is 0 Å². The van der Waals surface area contributed by atoms with Gasteiger partial charge in [0.25, 0.3) is 0 Å². The Kier molecular flexibility index (Phi) is 5.46. The topological polar surface area (TPSA) is 33.1 Å². The number of halogens is 1. The van der Waals surface area contributed by atoms with Crippen LogP contribution in [0.4, 0.5) is 10.1 Å². The zero-order valence-corrected chi connectivity index (χ0v) is 19.6. The normalized spacial score (nSPS) is 17.9. The molecular formula is C27H25FN4S. The van der Waals surface area contributed by atoms with Gasteiger partial charge >= 0.3 is 0 Å². The van der Waals surface area contributed by atoms with Gasteiger partial charge in [0, 0.05) is 29.0 Å². The van der Waals surface area contributed by atoms with Gasteiger partial charge < -0.3 is 14.8 Å². The van der Waals surface area contributed by atoms with Crippen LogP contribution >= 0.6 is 12.2 Å². The summed E-state index contributed by atoms with van der Waals surface area (Å²) >= 11 is 5.79. The lowest BCUT2D eigenvalue weighted by Crippen LogP contribution is -2.29. The third kappa shape index (κ3) is 3.80. The number of nitrogens with one attached hydrogen (secondary N) is 1. The molecule has 2 atom stereocenters. The molecule has 0 unspecified atom stereocenters. The van der Waals surface area contributed by atoms with Gasteiger partial charge in [0.05, 0.1) is 17.8 Å². The quantitative estimate of drug-likeness (QED) is 0.376. The number of aromatic nitrogens is 2. The summed E-state index contributed by atoms with van der Waals surface area (Å²) in [4.78, 5) is 6.70. The second kappa shape index (κ2) is 8.45. The Balaban J connectivity index is 1.67. The maximum absolute atomic E-state index is 13.7. The van der Waals surface area contributed by atoms with E-state index in [0.29, 0.717) is 5.11 Å². The zero-order valence-electron chi connectivity index (χ0n) is 18.8. The molecular weight excluding hydrogens is 431 g/mol. The Bertz CT molecular complexity index is 1300. The van der Waals surface area contributed by atoms with Crippen LogP contribution in [0.1, 0.15) is 40.3 Å². The molecule has 1 saturated heterocycles. The minimum atomic E-state index is -0.271. The number of hydrogen-bond acceptors (Lipinski definition) is 2. The molecule has 33 heavy (non-hydrogen) atoms. The molecule has 0 saturated carbocycles. The lowest BCUT2D eigenvalue weighted by molar-refractivity contribution is 0.565. The van der Waals surface area contributed by atoms with Crippen molar-refractivity contribution in [3.8, 4) is 5.69 Å². The molecule has 1 fully saturated rings. The molecule has 6 heteroatoms. The highest BCUT2D eigenvalue weighted by molar-refractivity contribution is 7.80. The summed E-state index contributed by atoms with van der Waals surface area (Å²) in [6.07, 6.45) is 1.80. The van der Waals surface area contributed by atoms with Crippen molar-refractivity contribution in [3.05, 3.63) is 113 Å². The fourth-order valence-electron chi connectivity index (χ4n) is 4.73. The van der Waals surface area contributed by atoms with E-state index in [1.165, 1.54) is 17.7 Å².